The van der Waals surface area contributed by atoms with E-state index in [1.807, 2.05) is 29.2 Å². The van der Waals surface area contributed by atoms with Gasteiger partial charge >= 0.3 is 0 Å². The van der Waals surface area contributed by atoms with Crippen LogP contribution in [0.3, 0.4) is 0 Å². The second-order valence-corrected chi connectivity index (χ2v) is 10.1. The number of carbonyl (C=O) groups excluding carboxylic acids is 2. The van der Waals surface area contributed by atoms with Crippen LogP contribution in [0.5, 0.6) is 0 Å². The van der Waals surface area contributed by atoms with Crippen molar-refractivity contribution in [2.75, 3.05) is 39.3 Å². The molecule has 0 bridgehead atoms. The fourth-order valence-electron chi connectivity index (χ4n) is 4.78. The second-order valence-electron chi connectivity index (χ2n) is 8.65. The normalized spacial score (nSPS) is 18.6. The summed E-state index contributed by atoms with van der Waals surface area (Å²) in [6.07, 6.45) is 0.935. The lowest BCUT2D eigenvalue weighted by Crippen LogP contribution is -2.53. The Labute approximate surface area is 207 Å². The highest BCUT2D eigenvalue weighted by molar-refractivity contribution is 7.10. The number of rotatable bonds is 4. The Hall–Kier alpha value is -2.74. The topological polar surface area (TPSA) is 43.9 Å². The van der Waals surface area contributed by atoms with Crippen molar-refractivity contribution in [3.05, 3.63) is 92.4 Å². The highest BCUT2D eigenvalue weighted by Crippen LogP contribution is 2.38. The monoisotopic (exact) mass is 497 g/mol. The van der Waals surface area contributed by atoms with E-state index in [1.165, 1.54) is 34.7 Å². The van der Waals surface area contributed by atoms with Crippen molar-refractivity contribution in [2.45, 2.75) is 12.5 Å². The Morgan fingerprint density at radius 2 is 1.59 bits per heavy atom. The van der Waals surface area contributed by atoms with E-state index in [0.29, 0.717) is 43.3 Å². The van der Waals surface area contributed by atoms with E-state index < -0.39 is 0 Å². The summed E-state index contributed by atoms with van der Waals surface area (Å²) >= 11 is 7.89. The van der Waals surface area contributed by atoms with E-state index in [4.69, 9.17) is 11.6 Å². The fraction of sp³-hybridized carbons (Fsp3) is 0.308. The molecule has 8 heteroatoms. The Morgan fingerprint density at radius 3 is 2.29 bits per heavy atom. The zero-order valence-corrected chi connectivity index (χ0v) is 20.2. The van der Waals surface area contributed by atoms with E-state index in [1.54, 1.807) is 16.2 Å². The third-order valence-electron chi connectivity index (χ3n) is 6.60. The van der Waals surface area contributed by atoms with Crippen LogP contribution in [-0.4, -0.2) is 65.8 Å². The van der Waals surface area contributed by atoms with Gasteiger partial charge in [0.05, 0.1) is 12.6 Å². The Bertz CT molecular complexity index is 1170. The van der Waals surface area contributed by atoms with Crippen LogP contribution in [0.4, 0.5) is 4.39 Å². The smallest absolute Gasteiger partial charge is 0.253 e. The molecule has 2 aliphatic heterocycles. The third-order valence-corrected chi connectivity index (χ3v) is 7.85. The molecule has 0 saturated carbocycles. The van der Waals surface area contributed by atoms with Crippen LogP contribution < -0.4 is 0 Å². The lowest BCUT2D eigenvalue weighted by atomic mass is 9.93. The summed E-state index contributed by atoms with van der Waals surface area (Å²) in [7, 11) is 0. The van der Waals surface area contributed by atoms with Crippen LogP contribution >= 0.6 is 22.9 Å². The Kier molecular flexibility index (Phi) is 6.68. The zero-order valence-electron chi connectivity index (χ0n) is 18.6. The van der Waals surface area contributed by atoms with Crippen molar-refractivity contribution >= 4 is 34.8 Å². The molecule has 2 aliphatic rings. The number of nitrogens with zero attached hydrogens (tertiary/aromatic N) is 3. The van der Waals surface area contributed by atoms with Crippen molar-refractivity contribution in [3.8, 4) is 0 Å². The number of amides is 2. The minimum atomic E-state index is -0.365. The lowest BCUT2D eigenvalue weighted by Gasteiger charge is -2.39. The van der Waals surface area contributed by atoms with Crippen molar-refractivity contribution < 1.29 is 14.0 Å². The molecular weight excluding hydrogens is 473 g/mol. The maximum atomic E-state index is 13.3. The fourth-order valence-corrected chi connectivity index (χ4v) is 5.81. The third kappa shape index (κ3) is 4.73. The van der Waals surface area contributed by atoms with Gasteiger partial charge in [0.2, 0.25) is 5.91 Å². The molecule has 3 heterocycles. The summed E-state index contributed by atoms with van der Waals surface area (Å²) in [5.41, 5.74) is 2.86. The van der Waals surface area contributed by atoms with Crippen LogP contribution in [0.1, 0.15) is 32.4 Å². The molecule has 1 aromatic heterocycles. The van der Waals surface area contributed by atoms with E-state index in [-0.39, 0.29) is 23.7 Å². The van der Waals surface area contributed by atoms with E-state index in [9.17, 15) is 14.0 Å². The molecule has 34 heavy (non-hydrogen) atoms. The Balaban J connectivity index is 1.24. The summed E-state index contributed by atoms with van der Waals surface area (Å²) in [6.45, 7) is 3.07. The van der Waals surface area contributed by atoms with Gasteiger partial charge in [-0.2, -0.15) is 0 Å². The summed E-state index contributed by atoms with van der Waals surface area (Å²) in [6, 6.07) is 15.6. The Morgan fingerprint density at radius 1 is 0.912 bits per heavy atom. The molecule has 5 nitrogen and oxygen atoms in total. The lowest BCUT2D eigenvalue weighted by molar-refractivity contribution is -0.134. The van der Waals surface area contributed by atoms with Gasteiger partial charge in [0.25, 0.3) is 5.91 Å². The standard InChI is InChI=1S/C26H25ClFN3O2S/c27-20-5-1-18(2-6-20)25-22-10-16-34-23(22)9-11-31(25)17-24(32)29-12-14-30(15-13-29)26(33)19-3-7-21(28)8-4-19/h1-8,10,16,25H,9,11-15,17H2/t25-/m0/s1. The molecule has 2 amide bonds. The number of carbonyl (C=O) groups is 2. The number of thiophene rings is 1. The number of benzene rings is 2. The van der Waals surface area contributed by atoms with E-state index in [0.717, 1.165) is 18.5 Å². The van der Waals surface area contributed by atoms with Gasteiger partial charge in [-0.1, -0.05) is 23.7 Å². The van der Waals surface area contributed by atoms with Gasteiger partial charge in [0.15, 0.2) is 0 Å². The number of hydrogen-bond acceptors (Lipinski definition) is 4. The molecule has 1 atom stereocenters. The van der Waals surface area contributed by atoms with E-state index >= 15 is 0 Å². The summed E-state index contributed by atoms with van der Waals surface area (Å²) in [4.78, 5) is 33.1. The van der Waals surface area contributed by atoms with Crippen LogP contribution in [0, 0.1) is 5.82 Å². The van der Waals surface area contributed by atoms with Crippen LogP contribution in [0.2, 0.25) is 5.02 Å². The molecule has 0 radical (unpaired) electrons. The molecule has 0 aliphatic carbocycles. The van der Waals surface area contributed by atoms with Crippen molar-refractivity contribution in [3.63, 3.8) is 0 Å². The van der Waals surface area contributed by atoms with Crippen LogP contribution in [0.15, 0.2) is 60.0 Å². The first-order valence-corrected chi connectivity index (χ1v) is 12.6. The van der Waals surface area contributed by atoms with E-state index in [2.05, 4.69) is 16.3 Å². The predicted octanol–water partition coefficient (Wildman–Crippen LogP) is 4.47. The second kappa shape index (κ2) is 9.86. The largest absolute Gasteiger partial charge is 0.338 e. The first kappa shape index (κ1) is 23.0. The number of fused-ring (bicyclic) bond motifs is 1. The summed E-state index contributed by atoms with van der Waals surface area (Å²) in [5, 5.41) is 2.82. The van der Waals surface area contributed by atoms with Crippen molar-refractivity contribution in [1.82, 2.24) is 14.7 Å². The first-order valence-electron chi connectivity index (χ1n) is 11.4. The molecule has 1 fully saturated rings. The molecular formula is C26H25ClFN3O2S. The first-order chi connectivity index (χ1) is 16.5. The molecule has 2 aromatic carbocycles. The predicted molar refractivity (Wildman–Crippen MR) is 132 cm³/mol. The summed E-state index contributed by atoms with van der Waals surface area (Å²) in [5.74, 6) is -0.418. The summed E-state index contributed by atoms with van der Waals surface area (Å²) < 4.78 is 13.2. The number of piperazine rings is 1. The minimum absolute atomic E-state index is 0.0255. The maximum Gasteiger partial charge on any atom is 0.253 e. The van der Waals surface area contributed by atoms with Gasteiger partial charge in [-0.25, -0.2) is 4.39 Å². The number of halogens is 2. The SMILES string of the molecule is O=C(CN1CCc2sccc2[C@@H]1c1ccc(Cl)cc1)N1CCN(C(=O)c2ccc(F)cc2)CC1. The molecule has 0 spiro atoms. The molecule has 1 saturated heterocycles. The molecule has 0 N–H and O–H groups in total. The van der Waals surface area contributed by atoms with Gasteiger partial charge in [-0.05, 0) is 65.4 Å². The highest BCUT2D eigenvalue weighted by atomic mass is 35.5. The maximum absolute atomic E-state index is 13.3. The van der Waals surface area contributed by atoms with Crippen LogP contribution in [0.25, 0.3) is 0 Å². The van der Waals surface area contributed by atoms with Crippen LogP contribution in [-0.2, 0) is 11.2 Å². The molecule has 176 valence electrons. The molecule has 0 unspecified atom stereocenters. The van der Waals surface area contributed by atoms with Gasteiger partial charge in [0, 0.05) is 48.2 Å². The average molecular weight is 498 g/mol. The zero-order chi connectivity index (χ0) is 23.7. The average Bonchev–Trinajstić information content (AvgIpc) is 3.34. The van der Waals surface area contributed by atoms with Gasteiger partial charge in [-0.15, -0.1) is 11.3 Å². The minimum Gasteiger partial charge on any atom is -0.338 e. The van der Waals surface area contributed by atoms with Gasteiger partial charge in [-0.3, -0.25) is 14.5 Å². The van der Waals surface area contributed by atoms with Gasteiger partial charge in [0.1, 0.15) is 5.82 Å². The molecule has 3 aromatic rings. The van der Waals surface area contributed by atoms with Crippen molar-refractivity contribution in [2.24, 2.45) is 0 Å². The van der Waals surface area contributed by atoms with Gasteiger partial charge < -0.3 is 9.80 Å². The van der Waals surface area contributed by atoms with Crippen molar-refractivity contribution in [1.29, 1.82) is 0 Å². The highest BCUT2D eigenvalue weighted by Gasteiger charge is 2.33. The molecule has 5 rings (SSSR count). The number of hydrogen-bond donors (Lipinski definition) is 0. The quantitative estimate of drug-likeness (QED) is 0.534.